The van der Waals surface area contributed by atoms with Crippen LogP contribution >= 0.6 is 12.4 Å². The average molecular weight is 328 g/mol. The summed E-state index contributed by atoms with van der Waals surface area (Å²) in [6.45, 7) is 5.15. The van der Waals surface area contributed by atoms with E-state index < -0.39 is 0 Å². The van der Waals surface area contributed by atoms with Crippen LogP contribution in [0.5, 0.6) is 0 Å². The summed E-state index contributed by atoms with van der Waals surface area (Å²) in [7, 11) is 0. The predicted molar refractivity (Wildman–Crippen MR) is 87.0 cm³/mol. The van der Waals surface area contributed by atoms with Crippen molar-refractivity contribution < 1.29 is 14.3 Å². The number of hydrogen-bond acceptors (Lipinski definition) is 4. The Labute approximate surface area is 136 Å². The molecule has 1 heterocycles. The Bertz CT molecular complexity index is 507. The zero-order chi connectivity index (χ0) is 15.2. The highest BCUT2D eigenvalue weighted by Gasteiger charge is 2.28. The molecule has 1 fully saturated rings. The number of halogens is 1. The lowest BCUT2D eigenvalue weighted by Gasteiger charge is -2.29. The van der Waals surface area contributed by atoms with Crippen LogP contribution in [0.3, 0.4) is 0 Å². The zero-order valence-electron chi connectivity index (χ0n) is 12.7. The molecule has 0 radical (unpaired) electrons. The van der Waals surface area contributed by atoms with Crippen LogP contribution in [0.4, 0.5) is 5.69 Å². The Kier molecular flexibility index (Phi) is 7.31. The molecule has 1 aromatic carbocycles. The molecule has 0 bridgehead atoms. The fourth-order valence-electron chi connectivity index (χ4n) is 2.18. The Hall–Kier alpha value is -1.63. The molecule has 6 nitrogen and oxygen atoms in total. The Balaban J connectivity index is 0.00000242. The highest BCUT2D eigenvalue weighted by molar-refractivity contribution is 5.95. The van der Waals surface area contributed by atoms with Gasteiger partial charge in [0.05, 0.1) is 12.7 Å². The highest BCUT2D eigenvalue weighted by Crippen LogP contribution is 2.12. The van der Waals surface area contributed by atoms with Gasteiger partial charge in [0.1, 0.15) is 6.04 Å². The summed E-state index contributed by atoms with van der Waals surface area (Å²) in [5.41, 5.74) is 1.71. The van der Waals surface area contributed by atoms with Gasteiger partial charge in [-0.3, -0.25) is 9.59 Å². The zero-order valence-corrected chi connectivity index (χ0v) is 13.5. The first-order valence-corrected chi connectivity index (χ1v) is 7.05. The van der Waals surface area contributed by atoms with Crippen molar-refractivity contribution in [3.05, 3.63) is 29.8 Å². The van der Waals surface area contributed by atoms with E-state index in [-0.39, 0.29) is 36.4 Å². The number of morpholine rings is 1. The van der Waals surface area contributed by atoms with Gasteiger partial charge < -0.3 is 20.7 Å². The third-order valence-electron chi connectivity index (χ3n) is 3.36. The fourth-order valence-corrected chi connectivity index (χ4v) is 2.18. The minimum absolute atomic E-state index is 0. The quantitative estimate of drug-likeness (QED) is 0.772. The van der Waals surface area contributed by atoms with Crippen LogP contribution in [-0.4, -0.2) is 37.1 Å². The van der Waals surface area contributed by atoms with Crippen molar-refractivity contribution in [2.24, 2.45) is 0 Å². The van der Waals surface area contributed by atoms with Gasteiger partial charge in [-0.05, 0) is 24.6 Å². The average Bonchev–Trinajstić information content (AvgIpc) is 2.47. The monoisotopic (exact) mass is 327 g/mol. The number of ether oxygens (including phenoxy) is 1. The van der Waals surface area contributed by atoms with E-state index in [4.69, 9.17) is 4.74 Å². The molecule has 7 heteroatoms. The van der Waals surface area contributed by atoms with E-state index >= 15 is 0 Å². The molecule has 1 saturated heterocycles. The van der Waals surface area contributed by atoms with Crippen LogP contribution < -0.4 is 16.0 Å². The molecule has 2 rings (SSSR count). The Morgan fingerprint density at radius 1 is 1.32 bits per heavy atom. The van der Waals surface area contributed by atoms with Crippen molar-refractivity contribution in [1.29, 1.82) is 0 Å². The fraction of sp³-hybridized carbons (Fsp3) is 0.467. The lowest BCUT2D eigenvalue weighted by atomic mass is 10.1. The first kappa shape index (κ1) is 18.4. The summed E-state index contributed by atoms with van der Waals surface area (Å²) in [5, 5.41) is 8.74. The van der Waals surface area contributed by atoms with Crippen molar-refractivity contribution in [1.82, 2.24) is 10.6 Å². The highest BCUT2D eigenvalue weighted by atomic mass is 35.5. The van der Waals surface area contributed by atoms with Gasteiger partial charge in [0, 0.05) is 25.7 Å². The first-order chi connectivity index (χ1) is 10.1. The standard InChI is InChI=1S/C15H21N3O3.ClH/c1-10-14(16-7-8-21-10)15(20)18-13-5-3-12(4-6-13)9-17-11(2)19;/h3-6,10,14,16H,7-9H2,1-2H3,(H,17,19)(H,18,20);1H/t10-,14+;/m1./s1. The molecular weight excluding hydrogens is 306 g/mol. The maximum atomic E-state index is 12.2. The summed E-state index contributed by atoms with van der Waals surface area (Å²) < 4.78 is 5.46. The smallest absolute Gasteiger partial charge is 0.244 e. The molecule has 22 heavy (non-hydrogen) atoms. The molecule has 1 aromatic rings. The molecule has 0 saturated carbocycles. The summed E-state index contributed by atoms with van der Waals surface area (Å²) in [4.78, 5) is 23.0. The molecular formula is C15H22ClN3O3. The minimum Gasteiger partial charge on any atom is -0.375 e. The molecule has 1 aliphatic rings. The first-order valence-electron chi connectivity index (χ1n) is 7.05. The Morgan fingerprint density at radius 2 is 2.00 bits per heavy atom. The molecule has 2 amide bonds. The molecule has 0 unspecified atom stereocenters. The molecule has 0 aliphatic carbocycles. The molecule has 122 valence electrons. The maximum Gasteiger partial charge on any atom is 0.244 e. The van der Waals surface area contributed by atoms with Crippen molar-refractivity contribution in [3.63, 3.8) is 0 Å². The molecule has 0 aromatic heterocycles. The molecule has 1 aliphatic heterocycles. The normalized spacial score (nSPS) is 20.6. The summed E-state index contributed by atoms with van der Waals surface area (Å²) in [6, 6.07) is 7.06. The van der Waals surface area contributed by atoms with E-state index in [2.05, 4.69) is 16.0 Å². The van der Waals surface area contributed by atoms with Crippen LogP contribution in [0.15, 0.2) is 24.3 Å². The SMILES string of the molecule is CC(=O)NCc1ccc(NC(=O)[C@H]2NCCO[C@@H]2C)cc1.Cl. The topological polar surface area (TPSA) is 79.5 Å². The number of carbonyl (C=O) groups is 2. The van der Waals surface area contributed by atoms with Gasteiger partial charge in [0.25, 0.3) is 0 Å². The van der Waals surface area contributed by atoms with Crippen LogP contribution in [0, 0.1) is 0 Å². The third-order valence-corrected chi connectivity index (χ3v) is 3.36. The lowest BCUT2D eigenvalue weighted by molar-refractivity contribution is -0.123. The number of anilines is 1. The number of carbonyl (C=O) groups excluding carboxylic acids is 2. The second kappa shape index (κ2) is 8.73. The predicted octanol–water partition coefficient (Wildman–Crippen LogP) is 1.06. The van der Waals surface area contributed by atoms with Crippen LogP contribution in [0.25, 0.3) is 0 Å². The Morgan fingerprint density at radius 3 is 2.59 bits per heavy atom. The van der Waals surface area contributed by atoms with E-state index in [1.807, 2.05) is 31.2 Å². The minimum atomic E-state index is -0.335. The van der Waals surface area contributed by atoms with Crippen molar-refractivity contribution in [2.75, 3.05) is 18.5 Å². The number of benzene rings is 1. The van der Waals surface area contributed by atoms with Crippen molar-refractivity contribution in [3.8, 4) is 0 Å². The van der Waals surface area contributed by atoms with Gasteiger partial charge in [-0.2, -0.15) is 0 Å². The summed E-state index contributed by atoms with van der Waals surface area (Å²) in [6.07, 6.45) is -0.141. The molecule has 2 atom stereocenters. The maximum absolute atomic E-state index is 12.2. The number of nitrogens with one attached hydrogen (secondary N) is 3. The molecule has 0 spiro atoms. The summed E-state index contributed by atoms with van der Waals surface area (Å²) in [5.74, 6) is -0.165. The van der Waals surface area contributed by atoms with Crippen LogP contribution in [0.1, 0.15) is 19.4 Å². The van der Waals surface area contributed by atoms with E-state index in [9.17, 15) is 9.59 Å². The van der Waals surface area contributed by atoms with Gasteiger partial charge in [0.2, 0.25) is 11.8 Å². The third kappa shape index (κ3) is 5.29. The number of rotatable bonds is 4. The molecule has 3 N–H and O–H groups in total. The van der Waals surface area contributed by atoms with Gasteiger partial charge in [0.15, 0.2) is 0 Å². The van der Waals surface area contributed by atoms with Gasteiger partial charge >= 0.3 is 0 Å². The van der Waals surface area contributed by atoms with Crippen LogP contribution in [-0.2, 0) is 20.9 Å². The van der Waals surface area contributed by atoms with Gasteiger partial charge in [-0.25, -0.2) is 0 Å². The second-order valence-electron chi connectivity index (χ2n) is 5.10. The van der Waals surface area contributed by atoms with Crippen molar-refractivity contribution >= 4 is 29.9 Å². The summed E-state index contributed by atoms with van der Waals surface area (Å²) >= 11 is 0. The lowest BCUT2D eigenvalue weighted by Crippen LogP contribution is -2.53. The largest absolute Gasteiger partial charge is 0.375 e. The van der Waals surface area contributed by atoms with Crippen molar-refractivity contribution in [2.45, 2.75) is 32.5 Å². The van der Waals surface area contributed by atoms with Gasteiger partial charge in [-0.1, -0.05) is 12.1 Å². The van der Waals surface area contributed by atoms with Gasteiger partial charge in [-0.15, -0.1) is 12.4 Å². The van der Waals surface area contributed by atoms with E-state index in [0.29, 0.717) is 19.7 Å². The van der Waals surface area contributed by atoms with E-state index in [0.717, 1.165) is 11.3 Å². The van der Waals surface area contributed by atoms with E-state index in [1.165, 1.54) is 6.92 Å². The number of amides is 2. The second-order valence-corrected chi connectivity index (χ2v) is 5.10. The number of hydrogen-bond donors (Lipinski definition) is 3. The van der Waals surface area contributed by atoms with E-state index in [1.54, 1.807) is 0 Å². The van der Waals surface area contributed by atoms with Crippen LogP contribution in [0.2, 0.25) is 0 Å².